The van der Waals surface area contributed by atoms with Gasteiger partial charge in [0.15, 0.2) is 20.4 Å². The van der Waals surface area contributed by atoms with E-state index in [4.69, 9.17) is 18.6 Å². The monoisotopic (exact) mass is 510 g/mol. The molecule has 1 aliphatic heterocycles. The Kier molecular flexibility index (Phi) is 10.8. The van der Waals surface area contributed by atoms with Gasteiger partial charge >= 0.3 is 0 Å². The Balaban J connectivity index is 2.09. The van der Waals surface area contributed by atoms with Crippen LogP contribution in [0.4, 0.5) is 0 Å². The molecule has 0 spiro atoms. The zero-order chi connectivity index (χ0) is 26.4. The number of carbonyl (C=O) groups is 1. The number of aliphatic hydroxyl groups excluding tert-OH is 1. The standard InChI is InChI=1S/C28H50O6Si/c1-10-31-23-19-21(3)28(7,14-13-24-32-16-17-33-24)26(30)25(23)22(29)18-20(2)12-11-15-34-35(8,9)27(4,5)6/h18,21-22,24,29H,10-17,19H2,1-9H3/b20-18+/t21-,22?,28-/m1/s1. The van der Waals surface area contributed by atoms with E-state index < -0.39 is 19.8 Å². The molecule has 0 saturated carbocycles. The molecular weight excluding hydrogens is 460 g/mol. The van der Waals surface area contributed by atoms with Crippen LogP contribution in [0.15, 0.2) is 23.0 Å². The van der Waals surface area contributed by atoms with E-state index >= 15 is 0 Å². The lowest BCUT2D eigenvalue weighted by atomic mass is 9.63. The number of Topliss-reactive ketones (excluding diaryl/α,β-unsaturated/α-hetero) is 1. The van der Waals surface area contributed by atoms with Crippen molar-refractivity contribution in [1.82, 2.24) is 0 Å². The fraction of sp³-hybridized carbons (Fsp3) is 0.821. The summed E-state index contributed by atoms with van der Waals surface area (Å²) in [5, 5.41) is 11.4. The van der Waals surface area contributed by atoms with Gasteiger partial charge in [-0.15, -0.1) is 0 Å². The summed E-state index contributed by atoms with van der Waals surface area (Å²) in [6, 6.07) is 0. The highest BCUT2D eigenvalue weighted by Crippen LogP contribution is 2.46. The average Bonchev–Trinajstić information content (AvgIpc) is 3.27. The molecule has 0 aromatic carbocycles. The van der Waals surface area contributed by atoms with E-state index in [1.54, 1.807) is 0 Å². The highest BCUT2D eigenvalue weighted by Gasteiger charge is 2.47. The van der Waals surface area contributed by atoms with Crippen molar-refractivity contribution in [1.29, 1.82) is 0 Å². The number of aliphatic hydroxyl groups is 1. The molecule has 1 N–H and O–H groups in total. The summed E-state index contributed by atoms with van der Waals surface area (Å²) < 4.78 is 23.4. The van der Waals surface area contributed by atoms with Crippen molar-refractivity contribution >= 4 is 14.1 Å². The number of hydrogen-bond donors (Lipinski definition) is 1. The Morgan fingerprint density at radius 1 is 1.29 bits per heavy atom. The van der Waals surface area contributed by atoms with Crippen LogP contribution in [0.5, 0.6) is 0 Å². The van der Waals surface area contributed by atoms with E-state index in [0.717, 1.165) is 18.4 Å². The van der Waals surface area contributed by atoms with Crippen molar-refractivity contribution in [2.75, 3.05) is 26.4 Å². The van der Waals surface area contributed by atoms with Crippen molar-refractivity contribution < 1.29 is 28.5 Å². The number of hydrogen-bond acceptors (Lipinski definition) is 6. The Labute approximate surface area is 214 Å². The average molecular weight is 511 g/mol. The van der Waals surface area contributed by atoms with Crippen LogP contribution in [0.25, 0.3) is 0 Å². The summed E-state index contributed by atoms with van der Waals surface area (Å²) >= 11 is 0. The summed E-state index contributed by atoms with van der Waals surface area (Å²) in [6.07, 6.45) is 4.28. The maximum absolute atomic E-state index is 13.8. The zero-order valence-electron chi connectivity index (χ0n) is 23.7. The number of rotatable bonds is 12. The van der Waals surface area contributed by atoms with E-state index in [2.05, 4.69) is 40.8 Å². The molecule has 1 aliphatic carbocycles. The molecule has 1 unspecified atom stereocenters. The van der Waals surface area contributed by atoms with Crippen LogP contribution in [0.1, 0.15) is 80.6 Å². The first-order valence-corrected chi connectivity index (χ1v) is 16.3. The third-order valence-corrected chi connectivity index (χ3v) is 12.8. The van der Waals surface area contributed by atoms with Crippen LogP contribution >= 0.6 is 0 Å². The summed E-state index contributed by atoms with van der Waals surface area (Å²) in [6.45, 7) is 21.7. The minimum atomic E-state index is -1.76. The van der Waals surface area contributed by atoms with Gasteiger partial charge in [0.25, 0.3) is 0 Å². The Hall–Kier alpha value is -0.993. The molecule has 2 aliphatic rings. The smallest absolute Gasteiger partial charge is 0.191 e. The van der Waals surface area contributed by atoms with Crippen LogP contribution < -0.4 is 0 Å². The minimum Gasteiger partial charge on any atom is -0.498 e. The number of ether oxygens (including phenoxy) is 3. The van der Waals surface area contributed by atoms with E-state index in [-0.39, 0.29) is 23.0 Å². The van der Waals surface area contributed by atoms with Gasteiger partial charge in [-0.2, -0.15) is 0 Å². The van der Waals surface area contributed by atoms with Crippen LogP contribution in [0.2, 0.25) is 18.1 Å². The lowest BCUT2D eigenvalue weighted by Crippen LogP contribution is -2.43. The van der Waals surface area contributed by atoms with Crippen molar-refractivity contribution in [3.8, 4) is 0 Å². The largest absolute Gasteiger partial charge is 0.498 e. The van der Waals surface area contributed by atoms with Gasteiger partial charge < -0.3 is 23.7 Å². The van der Waals surface area contributed by atoms with Gasteiger partial charge in [-0.3, -0.25) is 4.79 Å². The Morgan fingerprint density at radius 2 is 1.91 bits per heavy atom. The highest BCUT2D eigenvalue weighted by molar-refractivity contribution is 6.74. The van der Waals surface area contributed by atoms with Crippen molar-refractivity contribution in [2.45, 2.75) is 111 Å². The van der Waals surface area contributed by atoms with Crippen LogP contribution in [-0.2, 0) is 23.4 Å². The van der Waals surface area contributed by atoms with Gasteiger partial charge in [0.1, 0.15) is 11.9 Å². The van der Waals surface area contributed by atoms with Crippen molar-refractivity contribution in [3.63, 3.8) is 0 Å². The van der Waals surface area contributed by atoms with Gasteiger partial charge in [-0.1, -0.05) is 46.3 Å². The summed E-state index contributed by atoms with van der Waals surface area (Å²) in [5.41, 5.74) is 0.878. The normalized spacial score (nSPS) is 25.9. The molecule has 0 aromatic rings. The maximum atomic E-state index is 13.8. The number of carbonyl (C=O) groups excluding carboxylic acids is 1. The molecule has 2 rings (SSSR count). The fourth-order valence-corrected chi connectivity index (χ4v) is 5.65. The van der Waals surface area contributed by atoms with E-state index in [9.17, 15) is 9.90 Å². The quantitative estimate of drug-likeness (QED) is 0.193. The molecule has 202 valence electrons. The van der Waals surface area contributed by atoms with E-state index in [0.29, 0.717) is 57.0 Å². The molecular formula is C28H50O6Si. The second kappa shape index (κ2) is 12.5. The lowest BCUT2D eigenvalue weighted by Gasteiger charge is -2.41. The Bertz CT molecular complexity index is 775. The van der Waals surface area contributed by atoms with Gasteiger partial charge in [0.05, 0.1) is 25.4 Å². The molecule has 35 heavy (non-hydrogen) atoms. The molecule has 1 heterocycles. The van der Waals surface area contributed by atoms with Crippen LogP contribution in [0.3, 0.4) is 0 Å². The predicted molar refractivity (Wildman–Crippen MR) is 143 cm³/mol. The number of allylic oxidation sites excluding steroid dienone is 2. The molecule has 1 saturated heterocycles. The van der Waals surface area contributed by atoms with E-state index in [1.165, 1.54) is 0 Å². The molecule has 0 radical (unpaired) electrons. The molecule has 3 atom stereocenters. The first-order valence-electron chi connectivity index (χ1n) is 13.4. The van der Waals surface area contributed by atoms with Gasteiger partial charge in [0, 0.05) is 18.4 Å². The predicted octanol–water partition coefficient (Wildman–Crippen LogP) is 6.15. The lowest BCUT2D eigenvalue weighted by molar-refractivity contribution is -0.131. The highest BCUT2D eigenvalue weighted by atomic mass is 28.4. The van der Waals surface area contributed by atoms with Gasteiger partial charge in [-0.05, 0) is 63.6 Å². The molecule has 0 aromatic heterocycles. The molecule has 6 nitrogen and oxygen atoms in total. The second-order valence-corrected chi connectivity index (χ2v) is 16.8. The van der Waals surface area contributed by atoms with Crippen LogP contribution in [0, 0.1) is 11.3 Å². The van der Waals surface area contributed by atoms with Gasteiger partial charge in [-0.25, -0.2) is 0 Å². The Morgan fingerprint density at radius 3 is 2.49 bits per heavy atom. The first kappa shape index (κ1) is 30.2. The SMILES string of the molecule is CCOC1=C(C(O)/C=C(\C)CCCO[Si](C)(C)C(C)(C)C)C(=O)[C@](C)(CCC2OCCO2)[C@H](C)C1. The van der Waals surface area contributed by atoms with Crippen LogP contribution in [-0.4, -0.2) is 58.0 Å². The molecule has 0 bridgehead atoms. The summed E-state index contributed by atoms with van der Waals surface area (Å²) in [7, 11) is -1.76. The third-order valence-electron chi connectivity index (χ3n) is 8.27. The third kappa shape index (κ3) is 7.75. The fourth-order valence-electron chi connectivity index (χ4n) is 4.56. The molecule has 0 amide bonds. The second-order valence-electron chi connectivity index (χ2n) is 12.0. The summed E-state index contributed by atoms with van der Waals surface area (Å²) in [4.78, 5) is 13.8. The number of ketones is 1. The summed E-state index contributed by atoms with van der Waals surface area (Å²) in [5.74, 6) is 0.718. The zero-order valence-corrected chi connectivity index (χ0v) is 24.7. The maximum Gasteiger partial charge on any atom is 0.191 e. The topological polar surface area (TPSA) is 74.2 Å². The molecule has 1 fully saturated rings. The van der Waals surface area contributed by atoms with Crippen molar-refractivity contribution in [2.24, 2.45) is 11.3 Å². The minimum absolute atomic E-state index is 0.0180. The van der Waals surface area contributed by atoms with Gasteiger partial charge in [0.2, 0.25) is 0 Å². The van der Waals surface area contributed by atoms with E-state index in [1.807, 2.05) is 26.8 Å². The van der Waals surface area contributed by atoms with Crippen molar-refractivity contribution in [3.05, 3.63) is 23.0 Å². The first-order chi connectivity index (χ1) is 16.2. The molecule has 7 heteroatoms.